The fourth-order valence-electron chi connectivity index (χ4n) is 4.37. The Morgan fingerprint density at radius 1 is 0.857 bits per heavy atom. The van der Waals surface area contributed by atoms with Crippen LogP contribution in [0.2, 0.25) is 0 Å². The molecule has 1 aliphatic rings. The Bertz CT molecular complexity index is 1080. The number of benzene rings is 2. The van der Waals surface area contributed by atoms with Crippen molar-refractivity contribution in [3.05, 3.63) is 58.7 Å². The smallest absolute Gasteiger partial charge is 0.320 e. The first-order valence-corrected chi connectivity index (χ1v) is 12.1. The monoisotopic (exact) mass is 480 g/mol. The fourth-order valence-corrected chi connectivity index (χ4v) is 4.37. The molecule has 186 valence electrons. The van der Waals surface area contributed by atoms with Crippen molar-refractivity contribution in [2.45, 2.75) is 52.4 Å². The minimum Gasteiger partial charge on any atom is -0.469 e. The molecule has 1 aliphatic carbocycles. The summed E-state index contributed by atoms with van der Waals surface area (Å²) >= 11 is 0. The minimum atomic E-state index is -1.27. The lowest BCUT2D eigenvalue weighted by Gasteiger charge is -2.21. The first-order valence-electron chi connectivity index (χ1n) is 12.1. The maximum Gasteiger partial charge on any atom is 0.320 e. The van der Waals surface area contributed by atoms with E-state index in [1.807, 2.05) is 12.1 Å². The van der Waals surface area contributed by atoms with E-state index in [9.17, 15) is 19.2 Å². The molecule has 7 heteroatoms. The zero-order valence-corrected chi connectivity index (χ0v) is 20.6. The van der Waals surface area contributed by atoms with Crippen LogP contribution in [-0.4, -0.2) is 44.0 Å². The van der Waals surface area contributed by atoms with Gasteiger partial charge < -0.3 is 14.2 Å². The van der Waals surface area contributed by atoms with Crippen LogP contribution in [0.3, 0.4) is 0 Å². The fraction of sp³-hybridized carbons (Fsp3) is 0.429. The van der Waals surface area contributed by atoms with Gasteiger partial charge in [-0.15, -0.1) is 0 Å². The van der Waals surface area contributed by atoms with Crippen LogP contribution in [0.1, 0.15) is 60.2 Å². The van der Waals surface area contributed by atoms with Crippen LogP contribution in [0.25, 0.3) is 11.1 Å². The Hall–Kier alpha value is -3.48. The highest BCUT2D eigenvalue weighted by Crippen LogP contribution is 2.35. The van der Waals surface area contributed by atoms with Gasteiger partial charge in [0.05, 0.1) is 20.3 Å². The number of carbonyl (C=O) groups excluding carboxylic acids is 4. The maximum absolute atomic E-state index is 13.0. The molecule has 0 amide bonds. The van der Waals surface area contributed by atoms with E-state index in [0.717, 1.165) is 42.4 Å². The molecule has 2 aromatic carbocycles. The first-order chi connectivity index (χ1) is 16.9. The van der Waals surface area contributed by atoms with Crippen molar-refractivity contribution in [3.63, 3.8) is 0 Å². The average Bonchev–Trinajstić information content (AvgIpc) is 2.86. The first kappa shape index (κ1) is 26.1. The van der Waals surface area contributed by atoms with Gasteiger partial charge in [0.2, 0.25) is 0 Å². The normalized spacial score (nSPS) is 11.9. The zero-order chi connectivity index (χ0) is 25.4. The summed E-state index contributed by atoms with van der Waals surface area (Å²) in [5, 5.41) is 0. The SMILES string of the molecule is CCOC(=O)C(CC(=O)c1ccc2c(c1)CCc1cc(CCCC(=O)OC)ccc1-2)C(=O)OCC. The van der Waals surface area contributed by atoms with Crippen molar-refractivity contribution in [1.29, 1.82) is 0 Å². The second-order valence-corrected chi connectivity index (χ2v) is 8.48. The zero-order valence-electron chi connectivity index (χ0n) is 20.6. The molecule has 0 fully saturated rings. The summed E-state index contributed by atoms with van der Waals surface area (Å²) in [7, 11) is 1.40. The highest BCUT2D eigenvalue weighted by Gasteiger charge is 2.32. The van der Waals surface area contributed by atoms with Gasteiger partial charge >= 0.3 is 17.9 Å². The van der Waals surface area contributed by atoms with E-state index in [1.165, 1.54) is 18.2 Å². The Morgan fingerprint density at radius 3 is 2.06 bits per heavy atom. The van der Waals surface area contributed by atoms with Crippen molar-refractivity contribution >= 4 is 23.7 Å². The molecule has 0 spiro atoms. The van der Waals surface area contributed by atoms with Crippen molar-refractivity contribution in [2.75, 3.05) is 20.3 Å². The molecule has 0 radical (unpaired) electrons. The predicted octanol–water partition coefficient (Wildman–Crippen LogP) is 4.26. The van der Waals surface area contributed by atoms with Gasteiger partial charge in [-0.1, -0.05) is 30.3 Å². The highest BCUT2D eigenvalue weighted by molar-refractivity contribution is 6.04. The Morgan fingerprint density at radius 2 is 1.46 bits per heavy atom. The van der Waals surface area contributed by atoms with Gasteiger partial charge in [-0.3, -0.25) is 19.2 Å². The molecule has 0 aromatic heterocycles. The van der Waals surface area contributed by atoms with Crippen molar-refractivity contribution in [1.82, 2.24) is 0 Å². The van der Waals surface area contributed by atoms with Crippen molar-refractivity contribution in [3.8, 4) is 11.1 Å². The van der Waals surface area contributed by atoms with Crippen molar-refractivity contribution < 1.29 is 33.4 Å². The predicted molar refractivity (Wildman–Crippen MR) is 130 cm³/mol. The van der Waals surface area contributed by atoms with E-state index >= 15 is 0 Å². The number of ketones is 1. The van der Waals surface area contributed by atoms with Crippen LogP contribution in [0, 0.1) is 5.92 Å². The molecule has 0 atom stereocenters. The summed E-state index contributed by atoms with van der Waals surface area (Å²) < 4.78 is 14.7. The van der Waals surface area contributed by atoms with Crippen LogP contribution < -0.4 is 0 Å². The molecule has 0 heterocycles. The molecule has 0 bridgehead atoms. The molecule has 0 saturated carbocycles. The summed E-state index contributed by atoms with van der Waals surface area (Å²) in [6.07, 6.45) is 3.30. The minimum absolute atomic E-state index is 0.119. The second kappa shape index (κ2) is 12.3. The molecule has 0 N–H and O–H groups in total. The number of hydrogen-bond donors (Lipinski definition) is 0. The number of hydrogen-bond acceptors (Lipinski definition) is 7. The number of esters is 3. The maximum atomic E-state index is 13.0. The van der Waals surface area contributed by atoms with Gasteiger partial charge in [-0.05, 0) is 73.4 Å². The molecule has 0 unspecified atom stereocenters. The molecule has 0 aliphatic heterocycles. The number of carbonyl (C=O) groups is 4. The molecule has 3 rings (SSSR count). The van der Waals surface area contributed by atoms with Crippen LogP contribution in [0.15, 0.2) is 36.4 Å². The quantitative estimate of drug-likeness (QED) is 0.205. The van der Waals surface area contributed by atoms with Crippen LogP contribution in [-0.2, 0) is 47.9 Å². The summed E-state index contributed by atoms with van der Waals surface area (Å²) in [6.45, 7) is 3.53. The van der Waals surface area contributed by atoms with Crippen molar-refractivity contribution in [2.24, 2.45) is 5.92 Å². The number of fused-ring (bicyclic) bond motifs is 3. The second-order valence-electron chi connectivity index (χ2n) is 8.48. The molecule has 35 heavy (non-hydrogen) atoms. The number of ether oxygens (including phenoxy) is 3. The van der Waals surface area contributed by atoms with E-state index in [0.29, 0.717) is 12.0 Å². The molecule has 2 aromatic rings. The standard InChI is InChI=1S/C28H32O7/c1-4-34-27(31)24(28(32)35-5-2)17-25(29)21-12-14-23-20(16-21)11-10-19-15-18(9-13-22(19)23)7-6-8-26(30)33-3/h9,12-16,24H,4-8,10-11,17H2,1-3H3. The average molecular weight is 481 g/mol. The Balaban J connectivity index is 1.74. The summed E-state index contributed by atoms with van der Waals surface area (Å²) in [6, 6.07) is 11.9. The third-order valence-electron chi connectivity index (χ3n) is 6.16. The van der Waals surface area contributed by atoms with Gasteiger partial charge in [-0.25, -0.2) is 0 Å². The van der Waals surface area contributed by atoms with E-state index in [4.69, 9.17) is 14.2 Å². The Kier molecular flexibility index (Phi) is 9.18. The van der Waals surface area contributed by atoms with Gasteiger partial charge in [0, 0.05) is 18.4 Å². The summed E-state index contributed by atoms with van der Waals surface area (Å²) in [5.74, 6) is -3.25. The van der Waals surface area contributed by atoms with Gasteiger partial charge in [0.25, 0.3) is 0 Å². The molecular weight excluding hydrogens is 448 g/mol. The van der Waals surface area contributed by atoms with Gasteiger partial charge in [0.15, 0.2) is 11.7 Å². The largest absolute Gasteiger partial charge is 0.469 e. The highest BCUT2D eigenvalue weighted by atomic mass is 16.6. The van der Waals surface area contributed by atoms with Gasteiger partial charge in [-0.2, -0.15) is 0 Å². The van der Waals surface area contributed by atoms with Crippen LogP contribution in [0.4, 0.5) is 0 Å². The van der Waals surface area contributed by atoms with Crippen LogP contribution >= 0.6 is 0 Å². The third-order valence-corrected chi connectivity index (χ3v) is 6.16. The topological polar surface area (TPSA) is 96.0 Å². The van der Waals surface area contributed by atoms with E-state index in [1.54, 1.807) is 19.9 Å². The number of aryl methyl sites for hydroxylation is 3. The lowest BCUT2D eigenvalue weighted by atomic mass is 9.83. The number of methoxy groups -OCH3 is 1. The van der Waals surface area contributed by atoms with E-state index < -0.39 is 17.9 Å². The molecule has 0 saturated heterocycles. The van der Waals surface area contributed by atoms with E-state index in [-0.39, 0.29) is 31.4 Å². The molecular formula is C28H32O7. The lowest BCUT2D eigenvalue weighted by Crippen LogP contribution is -2.30. The van der Waals surface area contributed by atoms with Crippen LogP contribution in [0.5, 0.6) is 0 Å². The lowest BCUT2D eigenvalue weighted by molar-refractivity contribution is -0.161. The molecule has 7 nitrogen and oxygen atoms in total. The Labute approximate surface area is 205 Å². The number of Topliss-reactive ketones (excluding diaryl/α,β-unsaturated/α-hetero) is 1. The summed E-state index contributed by atoms with van der Waals surface area (Å²) in [4.78, 5) is 48.8. The third kappa shape index (κ3) is 6.56. The van der Waals surface area contributed by atoms with Gasteiger partial charge in [0.1, 0.15) is 0 Å². The number of rotatable bonds is 11. The summed E-state index contributed by atoms with van der Waals surface area (Å²) in [5.41, 5.74) is 6.17. The van der Waals surface area contributed by atoms with E-state index in [2.05, 4.69) is 18.2 Å².